The van der Waals surface area contributed by atoms with Gasteiger partial charge in [0.1, 0.15) is 12.3 Å². The van der Waals surface area contributed by atoms with E-state index in [4.69, 9.17) is 0 Å². The summed E-state index contributed by atoms with van der Waals surface area (Å²) in [6.45, 7) is -3.20. The van der Waals surface area contributed by atoms with Crippen LogP contribution in [-0.4, -0.2) is 22.1 Å². The molecule has 0 spiro atoms. The largest absolute Gasteiger partial charge is 0.435 e. The lowest BCUT2D eigenvalue weighted by atomic mass is 10.0. The van der Waals surface area contributed by atoms with Crippen molar-refractivity contribution in [2.75, 3.05) is 5.32 Å². The third-order valence-electron chi connectivity index (χ3n) is 4.84. The molecule has 32 heavy (non-hydrogen) atoms. The van der Waals surface area contributed by atoms with Gasteiger partial charge in [0.2, 0.25) is 5.91 Å². The van der Waals surface area contributed by atoms with Crippen molar-refractivity contribution in [1.82, 2.24) is 9.55 Å². The van der Waals surface area contributed by atoms with E-state index >= 15 is 0 Å². The molecule has 0 saturated carbocycles. The minimum Gasteiger partial charge on any atom is -0.435 e. The van der Waals surface area contributed by atoms with Gasteiger partial charge < -0.3 is 10.1 Å². The Balaban J connectivity index is 1.54. The van der Waals surface area contributed by atoms with Crippen LogP contribution in [0.4, 0.5) is 14.5 Å². The van der Waals surface area contributed by atoms with Gasteiger partial charge in [-0.15, -0.1) is 0 Å². The predicted molar refractivity (Wildman–Crippen MR) is 117 cm³/mol. The second-order valence-corrected chi connectivity index (χ2v) is 7.11. The number of nitrogens with one attached hydrogen (secondary N) is 1. The molecular weight excluding hydrogens is 416 g/mol. The number of anilines is 1. The van der Waals surface area contributed by atoms with Gasteiger partial charge in [0.15, 0.2) is 0 Å². The summed E-state index contributed by atoms with van der Waals surface area (Å²) in [7, 11) is 0. The summed E-state index contributed by atoms with van der Waals surface area (Å²) in [6.07, 6.45) is 1.67. The summed E-state index contributed by atoms with van der Waals surface area (Å²) in [5.41, 5.74) is 2.04. The number of rotatable bonds is 7. The fourth-order valence-electron chi connectivity index (χ4n) is 3.40. The summed E-state index contributed by atoms with van der Waals surface area (Å²) in [4.78, 5) is 29.3. The van der Waals surface area contributed by atoms with E-state index in [1.165, 1.54) is 23.0 Å². The first kappa shape index (κ1) is 21.2. The van der Waals surface area contributed by atoms with E-state index in [1.54, 1.807) is 30.3 Å². The van der Waals surface area contributed by atoms with Crippen LogP contribution in [-0.2, 0) is 17.8 Å². The third-order valence-corrected chi connectivity index (χ3v) is 4.84. The lowest BCUT2D eigenvalue weighted by Crippen LogP contribution is -2.27. The minimum atomic E-state index is -2.96. The van der Waals surface area contributed by atoms with Crippen LogP contribution in [0, 0.1) is 0 Å². The Kier molecular flexibility index (Phi) is 6.21. The summed E-state index contributed by atoms with van der Waals surface area (Å²) < 4.78 is 31.5. The van der Waals surface area contributed by atoms with Crippen LogP contribution in [0.1, 0.15) is 11.1 Å². The number of fused-ring (bicyclic) bond motifs is 1. The maximum atomic E-state index is 12.8. The molecule has 4 aromatic rings. The summed E-state index contributed by atoms with van der Waals surface area (Å²) in [5, 5.41) is 3.12. The zero-order valence-electron chi connectivity index (χ0n) is 16.9. The van der Waals surface area contributed by atoms with Crippen LogP contribution in [0.5, 0.6) is 5.75 Å². The predicted octanol–water partition coefficient (Wildman–Crippen LogP) is 4.23. The van der Waals surface area contributed by atoms with E-state index in [-0.39, 0.29) is 17.9 Å². The Bertz CT molecular complexity index is 1310. The highest BCUT2D eigenvalue weighted by Gasteiger charge is 2.13. The fourth-order valence-corrected chi connectivity index (χ4v) is 3.40. The van der Waals surface area contributed by atoms with Gasteiger partial charge in [-0.2, -0.15) is 8.78 Å². The number of benzene rings is 3. The summed E-state index contributed by atoms with van der Waals surface area (Å²) >= 11 is 0. The molecule has 0 radical (unpaired) electrons. The molecule has 6 nitrogen and oxygen atoms in total. The average molecular weight is 435 g/mol. The van der Waals surface area contributed by atoms with Crippen LogP contribution >= 0.6 is 0 Å². The second kappa shape index (κ2) is 9.38. The van der Waals surface area contributed by atoms with Crippen molar-refractivity contribution in [3.63, 3.8) is 0 Å². The number of para-hydroxylation sites is 1. The Morgan fingerprint density at radius 2 is 1.78 bits per heavy atom. The molecule has 0 bridgehead atoms. The molecule has 162 valence electrons. The second-order valence-electron chi connectivity index (χ2n) is 7.11. The van der Waals surface area contributed by atoms with Crippen LogP contribution in [0.2, 0.25) is 0 Å². The first-order valence-corrected chi connectivity index (χ1v) is 9.85. The lowest BCUT2D eigenvalue weighted by Gasteiger charge is -2.14. The van der Waals surface area contributed by atoms with E-state index in [1.807, 2.05) is 30.3 Å². The highest BCUT2D eigenvalue weighted by atomic mass is 19.3. The van der Waals surface area contributed by atoms with E-state index < -0.39 is 12.5 Å². The number of alkyl halides is 2. The molecule has 0 unspecified atom stereocenters. The van der Waals surface area contributed by atoms with Gasteiger partial charge in [0.25, 0.3) is 5.56 Å². The molecule has 3 aromatic carbocycles. The SMILES string of the molecule is O=C(Cn1cnc2ccccc2c1=O)Nc1ccc(OC(F)F)c(Cc2ccccc2)c1. The molecule has 4 rings (SSSR count). The van der Waals surface area contributed by atoms with E-state index in [2.05, 4.69) is 15.0 Å². The number of amides is 1. The number of ether oxygens (including phenoxy) is 1. The summed E-state index contributed by atoms with van der Waals surface area (Å²) in [6, 6.07) is 20.6. The molecule has 8 heteroatoms. The quantitative estimate of drug-likeness (QED) is 0.472. The number of halogens is 2. The van der Waals surface area contributed by atoms with Crippen molar-refractivity contribution >= 4 is 22.5 Å². The molecule has 0 aliphatic rings. The molecular formula is C24H19F2N3O3. The molecule has 1 heterocycles. The summed E-state index contributed by atoms with van der Waals surface area (Å²) in [5.74, 6) is -0.408. The monoisotopic (exact) mass is 435 g/mol. The third kappa shape index (κ3) is 4.97. The van der Waals surface area contributed by atoms with E-state index in [0.29, 0.717) is 28.6 Å². The molecule has 1 N–H and O–H groups in total. The molecule has 0 atom stereocenters. The number of hydrogen-bond donors (Lipinski definition) is 1. The molecule has 0 saturated heterocycles. The fraction of sp³-hybridized carbons (Fsp3) is 0.125. The van der Waals surface area contributed by atoms with Crippen molar-refractivity contribution in [3.05, 3.63) is 101 Å². The lowest BCUT2D eigenvalue weighted by molar-refractivity contribution is -0.116. The Labute approximate surface area is 182 Å². The van der Waals surface area contributed by atoms with Crippen LogP contribution in [0.3, 0.4) is 0 Å². The first-order chi connectivity index (χ1) is 15.5. The van der Waals surface area contributed by atoms with Gasteiger partial charge in [0.05, 0.1) is 17.2 Å². The highest BCUT2D eigenvalue weighted by molar-refractivity contribution is 5.91. The standard InChI is InChI=1S/C24H19F2N3O3/c25-24(26)32-21-11-10-18(13-17(21)12-16-6-2-1-3-7-16)28-22(30)14-29-15-27-20-9-5-4-8-19(20)23(29)31/h1-11,13,15,24H,12,14H2,(H,28,30). The van der Waals surface area contributed by atoms with Crippen LogP contribution in [0.15, 0.2) is 83.9 Å². The molecule has 1 amide bonds. The van der Waals surface area contributed by atoms with Gasteiger partial charge in [-0.1, -0.05) is 42.5 Å². The van der Waals surface area contributed by atoms with Crippen molar-refractivity contribution in [2.45, 2.75) is 19.6 Å². The van der Waals surface area contributed by atoms with Crippen molar-refractivity contribution in [1.29, 1.82) is 0 Å². The number of carbonyl (C=O) groups excluding carboxylic acids is 1. The minimum absolute atomic E-state index is 0.0387. The van der Waals surface area contributed by atoms with Crippen LogP contribution in [0.25, 0.3) is 10.9 Å². The molecule has 0 aliphatic heterocycles. The normalized spacial score (nSPS) is 11.0. The zero-order valence-corrected chi connectivity index (χ0v) is 16.9. The van der Waals surface area contributed by atoms with Gasteiger partial charge in [-0.25, -0.2) is 4.98 Å². The van der Waals surface area contributed by atoms with Gasteiger partial charge in [-0.3, -0.25) is 14.2 Å². The zero-order chi connectivity index (χ0) is 22.5. The van der Waals surface area contributed by atoms with Crippen molar-refractivity contribution in [3.8, 4) is 5.75 Å². The van der Waals surface area contributed by atoms with Crippen LogP contribution < -0.4 is 15.6 Å². The smallest absolute Gasteiger partial charge is 0.387 e. The van der Waals surface area contributed by atoms with Gasteiger partial charge in [0, 0.05) is 17.7 Å². The average Bonchev–Trinajstić information content (AvgIpc) is 2.78. The van der Waals surface area contributed by atoms with E-state index in [0.717, 1.165) is 5.56 Å². The molecule has 1 aromatic heterocycles. The maximum Gasteiger partial charge on any atom is 0.387 e. The topological polar surface area (TPSA) is 73.2 Å². The Hall–Kier alpha value is -4.07. The number of carbonyl (C=O) groups is 1. The van der Waals surface area contributed by atoms with Gasteiger partial charge in [-0.05, 0) is 35.9 Å². The molecule has 0 aliphatic carbocycles. The number of nitrogens with zero attached hydrogens (tertiary/aromatic N) is 2. The first-order valence-electron chi connectivity index (χ1n) is 9.85. The highest BCUT2D eigenvalue weighted by Crippen LogP contribution is 2.27. The number of aromatic nitrogens is 2. The number of hydrogen-bond acceptors (Lipinski definition) is 4. The van der Waals surface area contributed by atoms with E-state index in [9.17, 15) is 18.4 Å². The Morgan fingerprint density at radius 3 is 2.56 bits per heavy atom. The molecule has 0 fully saturated rings. The Morgan fingerprint density at radius 1 is 1.03 bits per heavy atom. The van der Waals surface area contributed by atoms with Crippen molar-refractivity contribution < 1.29 is 18.3 Å². The van der Waals surface area contributed by atoms with Crippen molar-refractivity contribution in [2.24, 2.45) is 0 Å². The van der Waals surface area contributed by atoms with Gasteiger partial charge >= 0.3 is 6.61 Å². The maximum absolute atomic E-state index is 12.8.